The molecule has 3 rings (SSSR count). The molecule has 0 aliphatic carbocycles. The maximum Gasteiger partial charge on any atom is 0.228 e. The van der Waals surface area contributed by atoms with Crippen LogP contribution < -0.4 is 10.9 Å². The molecule has 1 saturated heterocycles. The molecule has 128 valence electrons. The summed E-state index contributed by atoms with van der Waals surface area (Å²) < 4.78 is 5.40. The van der Waals surface area contributed by atoms with Gasteiger partial charge in [-0.1, -0.05) is 48.8 Å². The van der Waals surface area contributed by atoms with Crippen molar-refractivity contribution in [3.8, 4) is 11.3 Å². The van der Waals surface area contributed by atoms with E-state index in [4.69, 9.17) is 4.52 Å². The second-order valence-corrected chi connectivity index (χ2v) is 6.27. The van der Waals surface area contributed by atoms with Crippen molar-refractivity contribution in [1.82, 2.24) is 20.9 Å². The van der Waals surface area contributed by atoms with Crippen LogP contribution >= 0.6 is 0 Å². The van der Waals surface area contributed by atoms with Gasteiger partial charge in [0.25, 0.3) is 0 Å². The lowest BCUT2D eigenvalue weighted by atomic mass is 9.96. The first-order valence-corrected chi connectivity index (χ1v) is 8.43. The second kappa shape index (κ2) is 7.59. The van der Waals surface area contributed by atoms with E-state index in [9.17, 15) is 4.79 Å². The molecule has 1 aromatic carbocycles. The SMILES string of the molecule is CCCC1NNCC1C(=O)N(C)Cc1cc(-c2ccccc2)no1. The molecule has 1 fully saturated rings. The van der Waals surface area contributed by atoms with E-state index >= 15 is 0 Å². The summed E-state index contributed by atoms with van der Waals surface area (Å²) >= 11 is 0. The highest BCUT2D eigenvalue weighted by Crippen LogP contribution is 2.21. The van der Waals surface area contributed by atoms with Gasteiger partial charge in [-0.25, -0.2) is 0 Å². The summed E-state index contributed by atoms with van der Waals surface area (Å²) in [5.41, 5.74) is 8.10. The van der Waals surface area contributed by atoms with Gasteiger partial charge in [-0.05, 0) is 6.42 Å². The molecule has 2 unspecified atom stereocenters. The highest BCUT2D eigenvalue weighted by atomic mass is 16.5. The number of carbonyl (C=O) groups is 1. The summed E-state index contributed by atoms with van der Waals surface area (Å²) in [7, 11) is 1.81. The predicted octanol–water partition coefficient (Wildman–Crippen LogP) is 2.19. The fourth-order valence-electron chi connectivity index (χ4n) is 3.11. The Hall–Kier alpha value is -2.18. The van der Waals surface area contributed by atoms with Crippen LogP contribution in [-0.4, -0.2) is 35.6 Å². The Labute approximate surface area is 142 Å². The molecule has 0 spiro atoms. The molecule has 1 aromatic heterocycles. The fourth-order valence-corrected chi connectivity index (χ4v) is 3.11. The zero-order valence-corrected chi connectivity index (χ0v) is 14.2. The van der Waals surface area contributed by atoms with E-state index in [1.54, 1.807) is 4.90 Å². The third-order valence-electron chi connectivity index (χ3n) is 4.41. The lowest BCUT2D eigenvalue weighted by Gasteiger charge is -2.23. The van der Waals surface area contributed by atoms with Gasteiger partial charge in [0, 0.05) is 31.3 Å². The Morgan fingerprint density at radius 3 is 2.92 bits per heavy atom. The molecule has 2 atom stereocenters. The molecule has 0 radical (unpaired) electrons. The average Bonchev–Trinajstić information content (AvgIpc) is 3.25. The van der Waals surface area contributed by atoms with Crippen LogP contribution in [0.5, 0.6) is 0 Å². The number of amides is 1. The van der Waals surface area contributed by atoms with Crippen LogP contribution in [0.1, 0.15) is 25.5 Å². The number of carbonyl (C=O) groups excluding carboxylic acids is 1. The maximum atomic E-state index is 12.7. The van der Waals surface area contributed by atoms with Gasteiger partial charge in [0.1, 0.15) is 5.69 Å². The van der Waals surface area contributed by atoms with E-state index in [0.29, 0.717) is 18.8 Å². The van der Waals surface area contributed by atoms with Crippen LogP contribution in [0.15, 0.2) is 40.9 Å². The Balaban J connectivity index is 1.63. The van der Waals surface area contributed by atoms with Gasteiger partial charge in [-0.15, -0.1) is 0 Å². The van der Waals surface area contributed by atoms with Crippen molar-refractivity contribution >= 4 is 5.91 Å². The maximum absolute atomic E-state index is 12.7. The number of hydrogen-bond donors (Lipinski definition) is 2. The van der Waals surface area contributed by atoms with Gasteiger partial charge in [0.2, 0.25) is 5.91 Å². The van der Waals surface area contributed by atoms with Gasteiger partial charge in [0.15, 0.2) is 5.76 Å². The van der Waals surface area contributed by atoms with E-state index in [1.165, 1.54) is 0 Å². The quantitative estimate of drug-likeness (QED) is 0.851. The molecule has 2 N–H and O–H groups in total. The first kappa shape index (κ1) is 16.7. The molecule has 2 heterocycles. The zero-order valence-electron chi connectivity index (χ0n) is 14.2. The standard InChI is InChI=1S/C18H24N4O2/c1-3-7-16-15(11-19-20-16)18(23)22(2)12-14-10-17(21-24-14)13-8-5-4-6-9-13/h4-6,8-10,15-16,19-20H,3,7,11-12H2,1-2H3. The van der Waals surface area contributed by atoms with Crippen LogP contribution in [0, 0.1) is 5.92 Å². The predicted molar refractivity (Wildman–Crippen MR) is 91.7 cm³/mol. The number of hydrogen-bond acceptors (Lipinski definition) is 5. The highest BCUT2D eigenvalue weighted by molar-refractivity contribution is 5.80. The third kappa shape index (κ3) is 3.66. The van der Waals surface area contributed by atoms with E-state index in [2.05, 4.69) is 22.9 Å². The zero-order chi connectivity index (χ0) is 16.9. The molecule has 0 saturated carbocycles. The molecule has 0 bridgehead atoms. The topological polar surface area (TPSA) is 70.4 Å². The number of rotatable bonds is 6. The molecule has 1 amide bonds. The molecule has 24 heavy (non-hydrogen) atoms. The van der Waals surface area contributed by atoms with Crippen LogP contribution in [-0.2, 0) is 11.3 Å². The van der Waals surface area contributed by atoms with Crippen molar-refractivity contribution in [3.63, 3.8) is 0 Å². The molecular formula is C18H24N4O2. The summed E-state index contributed by atoms with van der Waals surface area (Å²) in [6, 6.07) is 12.0. The monoisotopic (exact) mass is 328 g/mol. The van der Waals surface area contributed by atoms with Gasteiger partial charge in [-0.2, -0.15) is 0 Å². The number of benzene rings is 1. The van der Waals surface area contributed by atoms with Crippen molar-refractivity contribution in [2.45, 2.75) is 32.4 Å². The minimum atomic E-state index is -0.0357. The smallest absolute Gasteiger partial charge is 0.228 e. The van der Waals surface area contributed by atoms with E-state index in [0.717, 1.165) is 24.1 Å². The molecule has 6 nitrogen and oxygen atoms in total. The summed E-state index contributed by atoms with van der Waals surface area (Å²) in [4.78, 5) is 14.4. The Morgan fingerprint density at radius 1 is 1.38 bits per heavy atom. The lowest BCUT2D eigenvalue weighted by molar-refractivity contribution is -0.134. The minimum Gasteiger partial charge on any atom is -0.359 e. The van der Waals surface area contributed by atoms with Gasteiger partial charge in [0.05, 0.1) is 12.5 Å². The normalized spacial score (nSPS) is 20.2. The lowest BCUT2D eigenvalue weighted by Crippen LogP contribution is -2.40. The van der Waals surface area contributed by atoms with Gasteiger partial charge < -0.3 is 9.42 Å². The van der Waals surface area contributed by atoms with Crippen LogP contribution in [0.25, 0.3) is 11.3 Å². The van der Waals surface area contributed by atoms with Gasteiger partial charge in [-0.3, -0.25) is 15.6 Å². The molecular weight excluding hydrogens is 304 g/mol. The fraction of sp³-hybridized carbons (Fsp3) is 0.444. The van der Waals surface area contributed by atoms with E-state index in [1.807, 2.05) is 43.4 Å². The Kier molecular flexibility index (Phi) is 5.27. The average molecular weight is 328 g/mol. The van der Waals surface area contributed by atoms with Crippen LogP contribution in [0.4, 0.5) is 0 Å². The van der Waals surface area contributed by atoms with Gasteiger partial charge >= 0.3 is 0 Å². The summed E-state index contributed by atoms with van der Waals surface area (Å²) in [5.74, 6) is 0.783. The van der Waals surface area contributed by atoms with E-state index < -0.39 is 0 Å². The minimum absolute atomic E-state index is 0.0357. The number of nitrogens with one attached hydrogen (secondary N) is 2. The van der Waals surface area contributed by atoms with E-state index in [-0.39, 0.29) is 17.9 Å². The van der Waals surface area contributed by atoms with Crippen molar-refractivity contribution in [2.24, 2.45) is 5.92 Å². The molecule has 6 heteroatoms. The Morgan fingerprint density at radius 2 is 2.17 bits per heavy atom. The number of hydrazine groups is 1. The summed E-state index contributed by atoms with van der Waals surface area (Å²) in [6.07, 6.45) is 2.03. The summed E-state index contributed by atoms with van der Waals surface area (Å²) in [6.45, 7) is 3.22. The summed E-state index contributed by atoms with van der Waals surface area (Å²) in [5, 5.41) is 4.10. The largest absolute Gasteiger partial charge is 0.359 e. The van der Waals surface area contributed by atoms with Crippen molar-refractivity contribution in [2.75, 3.05) is 13.6 Å². The Bertz CT molecular complexity index is 671. The van der Waals surface area contributed by atoms with Crippen molar-refractivity contribution < 1.29 is 9.32 Å². The first-order chi connectivity index (χ1) is 11.7. The number of nitrogens with zero attached hydrogens (tertiary/aromatic N) is 2. The van der Waals surface area contributed by atoms with Crippen LogP contribution in [0.3, 0.4) is 0 Å². The van der Waals surface area contributed by atoms with Crippen LogP contribution in [0.2, 0.25) is 0 Å². The van der Waals surface area contributed by atoms with Crippen molar-refractivity contribution in [3.05, 3.63) is 42.2 Å². The first-order valence-electron chi connectivity index (χ1n) is 8.43. The highest BCUT2D eigenvalue weighted by Gasteiger charge is 2.34. The van der Waals surface area contributed by atoms with Crippen molar-refractivity contribution in [1.29, 1.82) is 0 Å². The number of aromatic nitrogens is 1. The molecule has 2 aromatic rings. The molecule has 1 aliphatic rings. The molecule has 1 aliphatic heterocycles. The third-order valence-corrected chi connectivity index (χ3v) is 4.41. The second-order valence-electron chi connectivity index (χ2n) is 6.27.